The molecule has 1 aromatic rings. The Hall–Kier alpha value is -1.82. The number of fused-ring (bicyclic) bond motifs is 1. The molecule has 0 aliphatic carbocycles. The molecule has 0 saturated carbocycles. The van der Waals surface area contributed by atoms with Crippen molar-refractivity contribution in [2.75, 3.05) is 6.79 Å². The molecule has 1 atom stereocenters. The minimum atomic E-state index is -0.937. The van der Waals surface area contributed by atoms with E-state index in [0.29, 0.717) is 0 Å². The standard InChI is InChI=1S/C10H10FNO4/c1-4(12)8(13)7-9(14)5(11)2-6-10(7)16-3-15-6/h2,4,14H,3,12H2,1H3. The summed E-state index contributed by atoms with van der Waals surface area (Å²) in [5, 5.41) is 9.49. The number of phenolic OH excluding ortho intramolecular Hbond substituents is 1. The summed E-state index contributed by atoms with van der Waals surface area (Å²) < 4.78 is 23.2. The molecular weight excluding hydrogens is 217 g/mol. The summed E-state index contributed by atoms with van der Waals surface area (Å²) in [5.41, 5.74) is 5.14. The Balaban J connectivity index is 2.63. The van der Waals surface area contributed by atoms with Crippen LogP contribution in [0.1, 0.15) is 17.3 Å². The highest BCUT2D eigenvalue weighted by molar-refractivity contribution is 6.05. The van der Waals surface area contributed by atoms with Crippen molar-refractivity contribution in [1.29, 1.82) is 0 Å². The average molecular weight is 227 g/mol. The molecule has 5 nitrogen and oxygen atoms in total. The van der Waals surface area contributed by atoms with Crippen LogP contribution in [0.25, 0.3) is 0 Å². The SMILES string of the molecule is CC(N)C(=O)c1c(O)c(F)cc2c1OCO2. The number of hydrogen-bond donors (Lipinski definition) is 2. The second kappa shape index (κ2) is 3.64. The van der Waals surface area contributed by atoms with Crippen LogP contribution in [0.3, 0.4) is 0 Å². The van der Waals surface area contributed by atoms with E-state index in [2.05, 4.69) is 0 Å². The fourth-order valence-electron chi connectivity index (χ4n) is 1.46. The van der Waals surface area contributed by atoms with Crippen molar-refractivity contribution in [3.63, 3.8) is 0 Å². The van der Waals surface area contributed by atoms with Crippen molar-refractivity contribution in [2.24, 2.45) is 5.73 Å². The van der Waals surface area contributed by atoms with Crippen LogP contribution in [-0.4, -0.2) is 23.7 Å². The van der Waals surface area contributed by atoms with Gasteiger partial charge in [-0.3, -0.25) is 4.79 Å². The van der Waals surface area contributed by atoms with Gasteiger partial charge in [0.25, 0.3) is 0 Å². The number of rotatable bonds is 2. The monoisotopic (exact) mass is 227 g/mol. The van der Waals surface area contributed by atoms with E-state index in [-0.39, 0.29) is 23.9 Å². The van der Waals surface area contributed by atoms with E-state index in [1.165, 1.54) is 6.92 Å². The molecular formula is C10H10FNO4. The largest absolute Gasteiger partial charge is 0.504 e. The summed E-state index contributed by atoms with van der Waals surface area (Å²) in [5.74, 6) is -2.15. The first-order valence-corrected chi connectivity index (χ1v) is 4.63. The number of ketones is 1. The van der Waals surface area contributed by atoms with Gasteiger partial charge in [0.1, 0.15) is 5.56 Å². The Labute approximate surface area is 90.6 Å². The van der Waals surface area contributed by atoms with Crippen molar-refractivity contribution in [1.82, 2.24) is 0 Å². The number of halogens is 1. The molecule has 1 heterocycles. The van der Waals surface area contributed by atoms with Gasteiger partial charge in [-0.25, -0.2) is 4.39 Å². The van der Waals surface area contributed by atoms with Crippen LogP contribution >= 0.6 is 0 Å². The molecule has 0 aromatic heterocycles. The van der Waals surface area contributed by atoms with Crippen LogP contribution < -0.4 is 15.2 Å². The van der Waals surface area contributed by atoms with Gasteiger partial charge >= 0.3 is 0 Å². The maximum atomic E-state index is 13.3. The van der Waals surface area contributed by atoms with Crippen molar-refractivity contribution in [3.05, 3.63) is 17.4 Å². The number of Topliss-reactive ketones (excluding diaryl/α,β-unsaturated/α-hetero) is 1. The Morgan fingerprint density at radius 1 is 1.62 bits per heavy atom. The van der Waals surface area contributed by atoms with Gasteiger partial charge < -0.3 is 20.3 Å². The second-order valence-electron chi connectivity index (χ2n) is 3.47. The van der Waals surface area contributed by atoms with Gasteiger partial charge in [-0.15, -0.1) is 0 Å². The third kappa shape index (κ3) is 1.47. The molecule has 1 aromatic carbocycles. The molecule has 86 valence electrons. The highest BCUT2D eigenvalue weighted by Gasteiger charge is 2.30. The van der Waals surface area contributed by atoms with Gasteiger partial charge in [0.2, 0.25) is 6.79 Å². The van der Waals surface area contributed by atoms with E-state index in [1.54, 1.807) is 0 Å². The molecule has 1 aliphatic heterocycles. The van der Waals surface area contributed by atoms with Gasteiger partial charge in [-0.05, 0) is 6.92 Å². The number of carbonyl (C=O) groups excluding carboxylic acids is 1. The third-order valence-corrected chi connectivity index (χ3v) is 2.25. The first-order chi connectivity index (χ1) is 7.52. The smallest absolute Gasteiger partial charge is 0.231 e. The van der Waals surface area contributed by atoms with Crippen molar-refractivity contribution >= 4 is 5.78 Å². The minimum absolute atomic E-state index is 0.0428. The van der Waals surface area contributed by atoms with E-state index >= 15 is 0 Å². The van der Waals surface area contributed by atoms with Crippen LogP contribution in [0.2, 0.25) is 0 Å². The molecule has 0 fully saturated rings. The quantitative estimate of drug-likeness (QED) is 0.730. The lowest BCUT2D eigenvalue weighted by atomic mass is 10.0. The highest BCUT2D eigenvalue weighted by Crippen LogP contribution is 2.42. The number of carbonyl (C=O) groups is 1. The van der Waals surface area contributed by atoms with E-state index in [0.717, 1.165) is 6.07 Å². The average Bonchev–Trinajstić information content (AvgIpc) is 2.66. The van der Waals surface area contributed by atoms with Crippen molar-refractivity contribution < 1.29 is 23.8 Å². The Morgan fingerprint density at radius 3 is 2.94 bits per heavy atom. The first-order valence-electron chi connectivity index (χ1n) is 4.63. The summed E-state index contributed by atoms with van der Waals surface area (Å²) in [7, 11) is 0. The van der Waals surface area contributed by atoms with Gasteiger partial charge in [-0.1, -0.05) is 0 Å². The number of nitrogens with two attached hydrogens (primary N) is 1. The van der Waals surface area contributed by atoms with Crippen molar-refractivity contribution in [2.45, 2.75) is 13.0 Å². The Morgan fingerprint density at radius 2 is 2.31 bits per heavy atom. The molecule has 0 bridgehead atoms. The van der Waals surface area contributed by atoms with E-state index in [4.69, 9.17) is 15.2 Å². The summed E-state index contributed by atoms with van der Waals surface area (Å²) >= 11 is 0. The van der Waals surface area contributed by atoms with Gasteiger partial charge in [0, 0.05) is 6.07 Å². The number of hydrogen-bond acceptors (Lipinski definition) is 5. The molecule has 0 amide bonds. The summed E-state index contributed by atoms with van der Waals surface area (Å²) in [6, 6.07) is 0.108. The lowest BCUT2D eigenvalue weighted by Gasteiger charge is -2.10. The molecule has 0 radical (unpaired) electrons. The van der Waals surface area contributed by atoms with E-state index < -0.39 is 23.4 Å². The maximum absolute atomic E-state index is 13.3. The predicted octanol–water partition coefficient (Wildman–Crippen LogP) is 0.790. The van der Waals surface area contributed by atoms with Gasteiger partial charge in [-0.2, -0.15) is 0 Å². The van der Waals surface area contributed by atoms with Crippen LogP contribution in [0.4, 0.5) is 4.39 Å². The number of benzene rings is 1. The van der Waals surface area contributed by atoms with Crippen molar-refractivity contribution in [3.8, 4) is 17.2 Å². The molecule has 16 heavy (non-hydrogen) atoms. The van der Waals surface area contributed by atoms with Crippen LogP contribution in [-0.2, 0) is 0 Å². The molecule has 1 unspecified atom stereocenters. The molecule has 6 heteroatoms. The van der Waals surface area contributed by atoms with Crippen LogP contribution in [0, 0.1) is 5.82 Å². The Kier molecular flexibility index (Phi) is 2.43. The maximum Gasteiger partial charge on any atom is 0.231 e. The zero-order valence-electron chi connectivity index (χ0n) is 8.49. The fraction of sp³-hybridized carbons (Fsp3) is 0.300. The van der Waals surface area contributed by atoms with Crippen LogP contribution in [0.5, 0.6) is 17.2 Å². The third-order valence-electron chi connectivity index (χ3n) is 2.25. The lowest BCUT2D eigenvalue weighted by molar-refractivity contribution is 0.0959. The van der Waals surface area contributed by atoms with Crippen LogP contribution in [0.15, 0.2) is 6.07 Å². The van der Waals surface area contributed by atoms with Gasteiger partial charge in [0.05, 0.1) is 6.04 Å². The highest BCUT2D eigenvalue weighted by atomic mass is 19.1. The lowest BCUT2D eigenvalue weighted by Crippen LogP contribution is -2.27. The Bertz CT molecular complexity index is 459. The summed E-state index contributed by atoms with van der Waals surface area (Å²) in [6.07, 6.45) is 0. The molecule has 1 aliphatic rings. The minimum Gasteiger partial charge on any atom is -0.504 e. The molecule has 2 rings (SSSR count). The number of aromatic hydroxyl groups is 1. The summed E-state index contributed by atoms with van der Waals surface area (Å²) in [4.78, 5) is 11.7. The van der Waals surface area contributed by atoms with E-state index in [1.807, 2.05) is 0 Å². The second-order valence-corrected chi connectivity index (χ2v) is 3.47. The normalized spacial score (nSPS) is 14.9. The predicted molar refractivity (Wildman–Crippen MR) is 52.2 cm³/mol. The molecule has 0 saturated heterocycles. The number of phenols is 1. The zero-order chi connectivity index (χ0) is 11.9. The fourth-order valence-corrected chi connectivity index (χ4v) is 1.46. The van der Waals surface area contributed by atoms with E-state index in [9.17, 15) is 14.3 Å². The topological polar surface area (TPSA) is 81.8 Å². The molecule has 3 N–H and O–H groups in total. The zero-order valence-corrected chi connectivity index (χ0v) is 8.49. The molecule has 0 spiro atoms. The van der Waals surface area contributed by atoms with Gasteiger partial charge in [0.15, 0.2) is 28.8 Å². The number of ether oxygens (including phenoxy) is 2. The summed E-state index contributed by atoms with van der Waals surface area (Å²) in [6.45, 7) is 1.33. The first kappa shape index (κ1) is 10.7.